The van der Waals surface area contributed by atoms with E-state index in [4.69, 9.17) is 0 Å². The van der Waals surface area contributed by atoms with Crippen molar-refractivity contribution in [2.75, 3.05) is 4.90 Å². The van der Waals surface area contributed by atoms with Crippen LogP contribution in [0, 0.1) is 5.41 Å². The molecule has 0 bridgehead atoms. The van der Waals surface area contributed by atoms with Crippen LogP contribution in [-0.4, -0.2) is 34.7 Å². The fraction of sp³-hybridized carbons (Fsp3) is 0.609. The fourth-order valence-electron chi connectivity index (χ4n) is 4.39. The molecule has 5 heteroatoms. The molecule has 1 saturated heterocycles. The summed E-state index contributed by atoms with van der Waals surface area (Å²) in [5.41, 5.74) is 0.425. The summed E-state index contributed by atoms with van der Waals surface area (Å²) in [6.07, 6.45) is 6.78. The van der Waals surface area contributed by atoms with Gasteiger partial charge in [-0.25, -0.2) is 4.90 Å². The highest BCUT2D eigenvalue weighted by Crippen LogP contribution is 2.32. The van der Waals surface area contributed by atoms with E-state index in [9.17, 15) is 14.4 Å². The van der Waals surface area contributed by atoms with E-state index in [-0.39, 0.29) is 35.6 Å². The van der Waals surface area contributed by atoms with Crippen molar-refractivity contribution in [2.24, 2.45) is 5.41 Å². The van der Waals surface area contributed by atoms with E-state index in [2.05, 4.69) is 0 Å². The van der Waals surface area contributed by atoms with Crippen LogP contribution in [0.15, 0.2) is 30.3 Å². The van der Waals surface area contributed by atoms with E-state index in [0.29, 0.717) is 12.1 Å². The normalized spacial score (nSPS) is 21.7. The average Bonchev–Trinajstić information content (AvgIpc) is 2.79. The van der Waals surface area contributed by atoms with Crippen LogP contribution in [0.4, 0.5) is 5.69 Å². The fourth-order valence-corrected chi connectivity index (χ4v) is 4.39. The Kier molecular flexibility index (Phi) is 6.21. The number of rotatable bonds is 4. The molecule has 1 atom stereocenters. The van der Waals surface area contributed by atoms with E-state index in [0.717, 1.165) is 25.7 Å². The van der Waals surface area contributed by atoms with E-state index in [1.165, 1.54) is 17.7 Å². The Morgan fingerprint density at radius 3 is 2.21 bits per heavy atom. The topological polar surface area (TPSA) is 57.7 Å². The molecule has 28 heavy (non-hydrogen) atoms. The monoisotopic (exact) mass is 384 g/mol. The zero-order chi connectivity index (χ0) is 20.3. The molecule has 0 spiro atoms. The summed E-state index contributed by atoms with van der Waals surface area (Å²) >= 11 is 0. The SMILES string of the molecule is CC(C)(C)CC(=O)N(C1CCCCCC1)C1CC(=O)N(c2ccccc2)C1=O. The van der Waals surface area contributed by atoms with Crippen molar-refractivity contribution >= 4 is 23.4 Å². The predicted molar refractivity (Wildman–Crippen MR) is 110 cm³/mol. The van der Waals surface area contributed by atoms with Crippen LogP contribution in [0.2, 0.25) is 0 Å². The minimum Gasteiger partial charge on any atom is -0.327 e. The molecule has 2 fully saturated rings. The van der Waals surface area contributed by atoms with Crippen molar-refractivity contribution in [3.05, 3.63) is 30.3 Å². The number of hydrogen-bond donors (Lipinski definition) is 0. The molecule has 0 N–H and O–H groups in total. The molecular weight excluding hydrogens is 352 g/mol. The Morgan fingerprint density at radius 1 is 1.04 bits per heavy atom. The summed E-state index contributed by atoms with van der Waals surface area (Å²) in [7, 11) is 0. The molecular formula is C23H32N2O3. The molecule has 1 aromatic rings. The molecule has 1 aromatic carbocycles. The third-order valence-electron chi connectivity index (χ3n) is 5.66. The predicted octanol–water partition coefficient (Wildman–Crippen LogP) is 4.31. The Labute approximate surface area is 168 Å². The minimum atomic E-state index is -0.675. The van der Waals surface area contributed by atoms with Gasteiger partial charge in [0.05, 0.1) is 12.1 Å². The van der Waals surface area contributed by atoms with Gasteiger partial charge >= 0.3 is 0 Å². The molecule has 3 amide bonds. The van der Waals surface area contributed by atoms with E-state index < -0.39 is 6.04 Å². The molecule has 3 rings (SSSR count). The van der Waals surface area contributed by atoms with Crippen molar-refractivity contribution in [2.45, 2.75) is 84.2 Å². The molecule has 1 saturated carbocycles. The summed E-state index contributed by atoms with van der Waals surface area (Å²) < 4.78 is 0. The molecule has 1 aliphatic carbocycles. The molecule has 2 aliphatic rings. The van der Waals surface area contributed by atoms with Gasteiger partial charge < -0.3 is 4.90 Å². The highest BCUT2D eigenvalue weighted by Gasteiger charge is 2.46. The van der Waals surface area contributed by atoms with Gasteiger partial charge in [0.1, 0.15) is 6.04 Å². The lowest BCUT2D eigenvalue weighted by atomic mass is 9.90. The standard InChI is InChI=1S/C23H32N2O3/c1-23(2,3)16-21(27)24(17-11-7-4-5-8-12-17)19-15-20(26)25(22(19)28)18-13-9-6-10-14-18/h6,9-10,13-14,17,19H,4-5,7-8,11-12,15-16H2,1-3H3. The van der Waals surface area contributed by atoms with Gasteiger partial charge in [0, 0.05) is 12.5 Å². The first-order valence-corrected chi connectivity index (χ1v) is 10.5. The van der Waals surface area contributed by atoms with Gasteiger partial charge in [-0.15, -0.1) is 0 Å². The Balaban J connectivity index is 1.90. The lowest BCUT2D eigenvalue weighted by Crippen LogP contribution is -2.51. The number of para-hydroxylation sites is 1. The van der Waals surface area contributed by atoms with Crippen molar-refractivity contribution in [1.82, 2.24) is 4.90 Å². The molecule has 1 aliphatic heterocycles. The van der Waals surface area contributed by atoms with Crippen molar-refractivity contribution in [3.63, 3.8) is 0 Å². The highest BCUT2D eigenvalue weighted by atomic mass is 16.2. The summed E-state index contributed by atoms with van der Waals surface area (Å²) in [6, 6.07) is 8.40. The zero-order valence-electron chi connectivity index (χ0n) is 17.3. The van der Waals surface area contributed by atoms with Crippen molar-refractivity contribution in [1.29, 1.82) is 0 Å². The Bertz CT molecular complexity index is 715. The second-order valence-corrected chi connectivity index (χ2v) is 9.31. The molecule has 0 aromatic heterocycles. The first-order chi connectivity index (χ1) is 13.3. The van der Waals surface area contributed by atoms with Crippen molar-refractivity contribution < 1.29 is 14.4 Å². The van der Waals surface area contributed by atoms with Crippen LogP contribution in [0.3, 0.4) is 0 Å². The number of nitrogens with zero attached hydrogens (tertiary/aromatic N) is 2. The Morgan fingerprint density at radius 2 is 1.64 bits per heavy atom. The summed E-state index contributed by atoms with van der Waals surface area (Å²) in [6.45, 7) is 6.11. The van der Waals surface area contributed by atoms with Gasteiger partial charge in [-0.05, 0) is 30.4 Å². The van der Waals surface area contributed by atoms with Crippen LogP contribution in [-0.2, 0) is 14.4 Å². The van der Waals surface area contributed by atoms with Crippen LogP contribution in [0.25, 0.3) is 0 Å². The quantitative estimate of drug-likeness (QED) is 0.574. The van der Waals surface area contributed by atoms with Gasteiger partial charge in [-0.2, -0.15) is 0 Å². The number of imide groups is 1. The molecule has 0 radical (unpaired) electrons. The Hall–Kier alpha value is -2.17. The van der Waals surface area contributed by atoms with E-state index in [1.54, 1.807) is 17.0 Å². The number of amides is 3. The minimum absolute atomic E-state index is 0.000427. The van der Waals surface area contributed by atoms with Gasteiger partial charge in [0.25, 0.3) is 5.91 Å². The van der Waals surface area contributed by atoms with Crippen LogP contribution in [0.5, 0.6) is 0 Å². The zero-order valence-corrected chi connectivity index (χ0v) is 17.3. The first kappa shape index (κ1) is 20.6. The maximum atomic E-state index is 13.3. The molecule has 1 heterocycles. The third kappa shape index (κ3) is 4.62. The second-order valence-electron chi connectivity index (χ2n) is 9.31. The average molecular weight is 385 g/mol. The van der Waals surface area contributed by atoms with E-state index in [1.807, 2.05) is 39.0 Å². The molecule has 1 unspecified atom stereocenters. The highest BCUT2D eigenvalue weighted by molar-refractivity contribution is 6.23. The largest absolute Gasteiger partial charge is 0.327 e. The van der Waals surface area contributed by atoms with Crippen LogP contribution < -0.4 is 4.90 Å². The molecule has 152 valence electrons. The number of hydrogen-bond acceptors (Lipinski definition) is 3. The smallest absolute Gasteiger partial charge is 0.257 e. The second kappa shape index (κ2) is 8.46. The summed E-state index contributed by atoms with van der Waals surface area (Å²) in [4.78, 5) is 42.3. The van der Waals surface area contributed by atoms with Crippen LogP contribution in [0.1, 0.15) is 72.1 Å². The van der Waals surface area contributed by atoms with Crippen molar-refractivity contribution in [3.8, 4) is 0 Å². The number of benzene rings is 1. The maximum Gasteiger partial charge on any atom is 0.257 e. The van der Waals surface area contributed by atoms with Gasteiger partial charge in [-0.3, -0.25) is 14.4 Å². The van der Waals surface area contributed by atoms with Gasteiger partial charge in [0.2, 0.25) is 11.8 Å². The molecule has 5 nitrogen and oxygen atoms in total. The summed E-state index contributed by atoms with van der Waals surface area (Å²) in [5.74, 6) is -0.480. The first-order valence-electron chi connectivity index (χ1n) is 10.5. The van der Waals surface area contributed by atoms with E-state index >= 15 is 0 Å². The third-order valence-corrected chi connectivity index (χ3v) is 5.66. The number of carbonyl (C=O) groups excluding carboxylic acids is 3. The number of anilines is 1. The lowest BCUT2D eigenvalue weighted by molar-refractivity contribution is -0.143. The maximum absolute atomic E-state index is 13.3. The lowest BCUT2D eigenvalue weighted by Gasteiger charge is -2.36. The van der Waals surface area contributed by atoms with Gasteiger partial charge in [-0.1, -0.05) is 64.7 Å². The summed E-state index contributed by atoms with van der Waals surface area (Å²) in [5, 5.41) is 0. The van der Waals surface area contributed by atoms with Crippen LogP contribution >= 0.6 is 0 Å². The van der Waals surface area contributed by atoms with Gasteiger partial charge in [0.15, 0.2) is 0 Å². The number of carbonyl (C=O) groups is 3.